The number of urea groups is 1. The lowest BCUT2D eigenvalue weighted by molar-refractivity contribution is -0.119. The Bertz CT molecular complexity index is 746. The summed E-state index contributed by atoms with van der Waals surface area (Å²) in [6, 6.07) is 12.5. The van der Waals surface area contributed by atoms with Crippen molar-refractivity contribution < 1.29 is 14.0 Å². The standard InChI is InChI=1S/C18H18FN3O2/c19-15-5-1-2-6-16(15)21-18(24)20-13-8-10-14(11-9-13)22-12-4-3-7-17(22)23/h1-2,5-6,8-11H,3-4,7,12H2,(H2,20,21,24). The summed E-state index contributed by atoms with van der Waals surface area (Å²) >= 11 is 0. The Morgan fingerprint density at radius 2 is 1.75 bits per heavy atom. The molecule has 1 fully saturated rings. The van der Waals surface area contributed by atoms with Gasteiger partial charge in [0.15, 0.2) is 0 Å². The van der Waals surface area contributed by atoms with Crippen molar-refractivity contribution in [2.24, 2.45) is 0 Å². The van der Waals surface area contributed by atoms with Gasteiger partial charge in [0.1, 0.15) is 5.82 Å². The number of piperidine rings is 1. The van der Waals surface area contributed by atoms with Gasteiger partial charge in [-0.2, -0.15) is 0 Å². The van der Waals surface area contributed by atoms with Gasteiger partial charge >= 0.3 is 6.03 Å². The molecule has 3 rings (SSSR count). The Hall–Kier alpha value is -2.89. The van der Waals surface area contributed by atoms with Gasteiger partial charge in [-0.3, -0.25) is 4.79 Å². The van der Waals surface area contributed by atoms with Crippen LogP contribution in [0.4, 0.5) is 26.2 Å². The Kier molecular flexibility index (Phi) is 4.74. The quantitative estimate of drug-likeness (QED) is 0.895. The van der Waals surface area contributed by atoms with Crippen LogP contribution in [0.15, 0.2) is 48.5 Å². The fourth-order valence-corrected chi connectivity index (χ4v) is 2.65. The molecular weight excluding hydrogens is 309 g/mol. The molecule has 5 nitrogen and oxygen atoms in total. The van der Waals surface area contributed by atoms with Crippen LogP contribution in [0.5, 0.6) is 0 Å². The number of carbonyl (C=O) groups is 2. The van der Waals surface area contributed by atoms with Gasteiger partial charge in [0.05, 0.1) is 5.69 Å². The molecule has 0 unspecified atom stereocenters. The maximum Gasteiger partial charge on any atom is 0.323 e. The van der Waals surface area contributed by atoms with E-state index in [9.17, 15) is 14.0 Å². The number of halogens is 1. The highest BCUT2D eigenvalue weighted by atomic mass is 19.1. The number of hydrogen-bond acceptors (Lipinski definition) is 2. The van der Waals surface area contributed by atoms with Gasteiger partial charge in [0.25, 0.3) is 0 Å². The predicted molar refractivity (Wildman–Crippen MR) is 91.7 cm³/mol. The molecule has 124 valence electrons. The van der Waals surface area contributed by atoms with Crippen LogP contribution in [-0.4, -0.2) is 18.5 Å². The lowest BCUT2D eigenvalue weighted by Crippen LogP contribution is -2.35. The maximum absolute atomic E-state index is 13.5. The smallest absolute Gasteiger partial charge is 0.312 e. The maximum atomic E-state index is 13.5. The first kappa shape index (κ1) is 16.0. The molecule has 3 amide bonds. The minimum atomic E-state index is -0.526. The molecule has 2 aromatic carbocycles. The summed E-state index contributed by atoms with van der Waals surface area (Å²) in [5.74, 6) is -0.370. The molecule has 6 heteroatoms. The molecule has 0 aliphatic carbocycles. The molecule has 0 spiro atoms. The van der Waals surface area contributed by atoms with Gasteiger partial charge in [0.2, 0.25) is 5.91 Å². The van der Waals surface area contributed by atoms with Crippen molar-refractivity contribution >= 4 is 29.0 Å². The van der Waals surface area contributed by atoms with Crippen LogP contribution in [0.3, 0.4) is 0 Å². The van der Waals surface area contributed by atoms with Gasteiger partial charge < -0.3 is 15.5 Å². The first-order valence-electron chi connectivity index (χ1n) is 7.86. The van der Waals surface area contributed by atoms with Gasteiger partial charge in [-0.25, -0.2) is 9.18 Å². The van der Waals surface area contributed by atoms with Gasteiger partial charge in [-0.1, -0.05) is 12.1 Å². The summed E-state index contributed by atoms with van der Waals surface area (Å²) in [6.07, 6.45) is 2.51. The first-order valence-corrected chi connectivity index (χ1v) is 7.86. The number of carbonyl (C=O) groups excluding carboxylic acids is 2. The summed E-state index contributed by atoms with van der Waals surface area (Å²) < 4.78 is 13.5. The van der Waals surface area contributed by atoms with Gasteiger partial charge in [-0.15, -0.1) is 0 Å². The highest BCUT2D eigenvalue weighted by Gasteiger charge is 2.19. The number of amides is 3. The minimum absolute atomic E-state index is 0.116. The number of para-hydroxylation sites is 1. The zero-order valence-electron chi connectivity index (χ0n) is 13.1. The third-order valence-electron chi connectivity index (χ3n) is 3.88. The van der Waals surface area contributed by atoms with Crippen LogP contribution < -0.4 is 15.5 Å². The van der Waals surface area contributed by atoms with Crippen molar-refractivity contribution in [3.63, 3.8) is 0 Å². The largest absolute Gasteiger partial charge is 0.323 e. The summed E-state index contributed by atoms with van der Waals surface area (Å²) in [5, 5.41) is 5.09. The molecule has 0 aromatic heterocycles. The van der Waals surface area contributed by atoms with E-state index in [-0.39, 0.29) is 11.6 Å². The number of nitrogens with zero attached hydrogens (tertiary/aromatic N) is 1. The lowest BCUT2D eigenvalue weighted by Gasteiger charge is -2.26. The molecular formula is C18H18FN3O2. The molecule has 2 aromatic rings. The Labute approximate surface area is 139 Å². The van der Waals surface area contributed by atoms with E-state index in [1.807, 2.05) is 0 Å². The Morgan fingerprint density at radius 3 is 2.46 bits per heavy atom. The van der Waals surface area contributed by atoms with Crippen molar-refractivity contribution in [1.82, 2.24) is 0 Å². The van der Waals surface area contributed by atoms with Crippen molar-refractivity contribution in [1.29, 1.82) is 0 Å². The summed E-state index contributed by atoms with van der Waals surface area (Å²) in [7, 11) is 0. The normalized spacial score (nSPS) is 14.4. The Morgan fingerprint density at radius 1 is 1.00 bits per heavy atom. The van der Waals surface area contributed by atoms with Gasteiger partial charge in [-0.05, 0) is 49.2 Å². The highest BCUT2D eigenvalue weighted by molar-refractivity contribution is 6.00. The second-order valence-electron chi connectivity index (χ2n) is 5.61. The molecule has 1 heterocycles. The molecule has 1 aliphatic rings. The SMILES string of the molecule is O=C(Nc1ccc(N2CCCCC2=O)cc1)Nc1ccccc1F. The molecule has 0 saturated carbocycles. The number of benzene rings is 2. The first-order chi connectivity index (χ1) is 11.6. The fourth-order valence-electron chi connectivity index (χ4n) is 2.65. The van der Waals surface area contributed by atoms with E-state index in [0.29, 0.717) is 12.1 Å². The summed E-state index contributed by atoms with van der Waals surface area (Å²) in [4.78, 5) is 25.6. The third kappa shape index (κ3) is 3.71. The van der Waals surface area contributed by atoms with Crippen LogP contribution in [-0.2, 0) is 4.79 Å². The monoisotopic (exact) mass is 327 g/mol. The number of hydrogen-bond donors (Lipinski definition) is 2. The van der Waals surface area contributed by atoms with Crippen LogP contribution in [0.25, 0.3) is 0 Å². The molecule has 0 bridgehead atoms. The summed E-state index contributed by atoms with van der Waals surface area (Å²) in [5.41, 5.74) is 1.50. The van der Waals surface area contributed by atoms with Crippen LogP contribution in [0.2, 0.25) is 0 Å². The average Bonchev–Trinajstić information content (AvgIpc) is 2.58. The van der Waals surface area contributed by atoms with E-state index in [2.05, 4.69) is 10.6 Å². The van der Waals surface area contributed by atoms with E-state index in [1.165, 1.54) is 12.1 Å². The zero-order valence-corrected chi connectivity index (χ0v) is 13.1. The van der Waals surface area contributed by atoms with Crippen molar-refractivity contribution in [3.8, 4) is 0 Å². The molecule has 0 radical (unpaired) electrons. The van der Waals surface area contributed by atoms with Crippen LogP contribution >= 0.6 is 0 Å². The third-order valence-corrected chi connectivity index (χ3v) is 3.88. The molecule has 2 N–H and O–H groups in total. The predicted octanol–water partition coefficient (Wildman–Crippen LogP) is 3.99. The van der Waals surface area contributed by atoms with E-state index >= 15 is 0 Å². The average molecular weight is 327 g/mol. The fraction of sp³-hybridized carbons (Fsp3) is 0.222. The zero-order chi connectivity index (χ0) is 16.9. The van der Waals surface area contributed by atoms with Crippen LogP contribution in [0.1, 0.15) is 19.3 Å². The minimum Gasteiger partial charge on any atom is -0.312 e. The lowest BCUT2D eigenvalue weighted by atomic mass is 10.1. The van der Waals surface area contributed by atoms with Crippen molar-refractivity contribution in [2.75, 3.05) is 22.1 Å². The van der Waals surface area contributed by atoms with Crippen LogP contribution in [0, 0.1) is 5.82 Å². The van der Waals surface area contributed by atoms with E-state index < -0.39 is 11.8 Å². The van der Waals surface area contributed by atoms with E-state index in [0.717, 1.165) is 25.1 Å². The highest BCUT2D eigenvalue weighted by Crippen LogP contribution is 2.23. The van der Waals surface area contributed by atoms with Gasteiger partial charge in [0, 0.05) is 24.3 Å². The number of anilines is 3. The Balaban J connectivity index is 1.62. The molecule has 24 heavy (non-hydrogen) atoms. The van der Waals surface area contributed by atoms with E-state index in [1.54, 1.807) is 41.3 Å². The topological polar surface area (TPSA) is 61.4 Å². The summed E-state index contributed by atoms with van der Waals surface area (Å²) in [6.45, 7) is 0.722. The molecule has 1 aliphatic heterocycles. The molecule has 0 atom stereocenters. The number of rotatable bonds is 3. The second-order valence-corrected chi connectivity index (χ2v) is 5.61. The van der Waals surface area contributed by atoms with E-state index in [4.69, 9.17) is 0 Å². The number of nitrogens with one attached hydrogen (secondary N) is 2. The van der Waals surface area contributed by atoms with Crippen molar-refractivity contribution in [3.05, 3.63) is 54.3 Å². The molecule has 1 saturated heterocycles. The second kappa shape index (κ2) is 7.12. The van der Waals surface area contributed by atoms with Crippen molar-refractivity contribution in [2.45, 2.75) is 19.3 Å².